The molecule has 0 saturated carbocycles. The molecule has 0 unspecified atom stereocenters. The normalized spacial score (nSPS) is 10.4. The lowest BCUT2D eigenvalue weighted by Gasteiger charge is -2.10. The number of nitrogens with one attached hydrogen (secondary N) is 1. The first-order valence-electron chi connectivity index (χ1n) is 10.2. The van der Waals surface area contributed by atoms with E-state index in [0.717, 1.165) is 29.2 Å². The molecule has 6 nitrogen and oxygen atoms in total. The SMILES string of the molecule is Cc1nccn1Cc1ccc(NC(=O)c2cccc(COc3cccc(C#N)c3)c2)cc1. The fourth-order valence-corrected chi connectivity index (χ4v) is 3.29. The number of rotatable bonds is 7. The lowest BCUT2D eigenvalue weighted by atomic mass is 10.1. The first kappa shape index (κ1) is 20.9. The van der Waals surface area contributed by atoms with Crippen LogP contribution in [0.2, 0.25) is 0 Å². The van der Waals surface area contributed by atoms with E-state index >= 15 is 0 Å². The maximum atomic E-state index is 12.7. The molecule has 1 amide bonds. The summed E-state index contributed by atoms with van der Waals surface area (Å²) in [6.07, 6.45) is 3.73. The molecule has 1 N–H and O–H groups in total. The van der Waals surface area contributed by atoms with Gasteiger partial charge in [0.1, 0.15) is 18.2 Å². The van der Waals surface area contributed by atoms with E-state index in [-0.39, 0.29) is 5.91 Å². The minimum absolute atomic E-state index is 0.184. The van der Waals surface area contributed by atoms with Gasteiger partial charge in [-0.25, -0.2) is 4.98 Å². The number of nitriles is 1. The summed E-state index contributed by atoms with van der Waals surface area (Å²) in [5.41, 5.74) is 3.82. The van der Waals surface area contributed by atoms with Crippen LogP contribution >= 0.6 is 0 Å². The maximum absolute atomic E-state index is 12.7. The Balaban J connectivity index is 1.37. The van der Waals surface area contributed by atoms with Gasteiger partial charge in [-0.05, 0) is 60.5 Å². The minimum Gasteiger partial charge on any atom is -0.489 e. The molecule has 6 heteroatoms. The number of hydrogen-bond donors (Lipinski definition) is 1. The largest absolute Gasteiger partial charge is 0.489 e. The Morgan fingerprint density at radius 3 is 2.62 bits per heavy atom. The number of aromatic nitrogens is 2. The topological polar surface area (TPSA) is 79.9 Å². The van der Waals surface area contributed by atoms with Crippen molar-refractivity contribution in [3.63, 3.8) is 0 Å². The summed E-state index contributed by atoms with van der Waals surface area (Å²) in [5.74, 6) is 1.39. The first-order valence-corrected chi connectivity index (χ1v) is 10.2. The van der Waals surface area contributed by atoms with Crippen molar-refractivity contribution >= 4 is 11.6 Å². The van der Waals surface area contributed by atoms with Gasteiger partial charge in [0.25, 0.3) is 5.91 Å². The molecule has 1 aromatic heterocycles. The number of nitrogens with zero attached hydrogens (tertiary/aromatic N) is 3. The molecule has 0 aliphatic carbocycles. The summed E-state index contributed by atoms with van der Waals surface area (Å²) < 4.78 is 7.83. The van der Waals surface area contributed by atoms with Gasteiger partial charge in [0.05, 0.1) is 11.6 Å². The highest BCUT2D eigenvalue weighted by Gasteiger charge is 2.08. The predicted octanol–water partition coefficient (Wildman–Crippen LogP) is 4.94. The number of aryl methyl sites for hydroxylation is 1. The number of amides is 1. The Morgan fingerprint density at radius 2 is 1.88 bits per heavy atom. The van der Waals surface area contributed by atoms with Crippen molar-refractivity contribution in [3.8, 4) is 11.8 Å². The zero-order valence-corrected chi connectivity index (χ0v) is 17.7. The van der Waals surface area contributed by atoms with Crippen molar-refractivity contribution in [2.75, 3.05) is 5.32 Å². The van der Waals surface area contributed by atoms with E-state index < -0.39 is 0 Å². The monoisotopic (exact) mass is 422 g/mol. The van der Waals surface area contributed by atoms with E-state index in [4.69, 9.17) is 10.00 Å². The Hall–Kier alpha value is -4.37. The van der Waals surface area contributed by atoms with E-state index in [9.17, 15) is 4.79 Å². The molecule has 4 aromatic rings. The van der Waals surface area contributed by atoms with E-state index in [2.05, 4.69) is 20.9 Å². The summed E-state index contributed by atoms with van der Waals surface area (Å²) in [4.78, 5) is 16.9. The van der Waals surface area contributed by atoms with Gasteiger partial charge in [-0.1, -0.05) is 30.3 Å². The summed E-state index contributed by atoms with van der Waals surface area (Å²) in [6.45, 7) is 3.01. The molecule has 32 heavy (non-hydrogen) atoms. The van der Waals surface area contributed by atoms with E-state index in [1.807, 2.05) is 49.5 Å². The number of carbonyl (C=O) groups excluding carboxylic acids is 1. The molecule has 0 atom stereocenters. The molecule has 0 radical (unpaired) electrons. The lowest BCUT2D eigenvalue weighted by Crippen LogP contribution is -2.12. The summed E-state index contributed by atoms with van der Waals surface area (Å²) >= 11 is 0. The molecule has 0 aliphatic heterocycles. The molecule has 4 rings (SSSR count). The lowest BCUT2D eigenvalue weighted by molar-refractivity contribution is 0.102. The number of ether oxygens (including phenoxy) is 1. The second-order valence-corrected chi connectivity index (χ2v) is 7.38. The Labute approximate surface area is 186 Å². The number of carbonyl (C=O) groups is 1. The van der Waals surface area contributed by atoms with Gasteiger partial charge < -0.3 is 14.6 Å². The fraction of sp³-hybridized carbons (Fsp3) is 0.115. The summed E-state index contributed by atoms with van der Waals surface area (Å²) in [7, 11) is 0. The smallest absolute Gasteiger partial charge is 0.255 e. The van der Waals surface area contributed by atoms with E-state index in [1.165, 1.54) is 0 Å². The Kier molecular flexibility index (Phi) is 6.28. The van der Waals surface area contributed by atoms with Crippen molar-refractivity contribution in [1.29, 1.82) is 5.26 Å². The van der Waals surface area contributed by atoms with Gasteiger partial charge in [0.15, 0.2) is 0 Å². The molecule has 0 spiro atoms. The number of imidazole rings is 1. The molecule has 0 aliphatic rings. The van der Waals surface area contributed by atoms with Crippen LogP contribution in [-0.2, 0) is 13.2 Å². The molecule has 0 fully saturated rings. The highest BCUT2D eigenvalue weighted by Crippen LogP contribution is 2.17. The fourth-order valence-electron chi connectivity index (χ4n) is 3.29. The molecule has 158 valence electrons. The van der Waals surface area contributed by atoms with E-state index in [1.54, 1.807) is 42.6 Å². The third kappa shape index (κ3) is 5.21. The maximum Gasteiger partial charge on any atom is 0.255 e. The molecule has 0 bridgehead atoms. The van der Waals surface area contributed by atoms with Crippen LogP contribution in [0.4, 0.5) is 5.69 Å². The molecule has 1 heterocycles. The molecule has 3 aromatic carbocycles. The predicted molar refractivity (Wildman–Crippen MR) is 122 cm³/mol. The van der Waals surface area contributed by atoms with Crippen molar-refractivity contribution in [2.24, 2.45) is 0 Å². The van der Waals surface area contributed by atoms with Crippen LogP contribution in [0.5, 0.6) is 5.75 Å². The van der Waals surface area contributed by atoms with Crippen LogP contribution in [0.1, 0.15) is 32.9 Å². The highest BCUT2D eigenvalue weighted by atomic mass is 16.5. The van der Waals surface area contributed by atoms with Crippen LogP contribution in [0.25, 0.3) is 0 Å². The van der Waals surface area contributed by atoms with Crippen LogP contribution in [0, 0.1) is 18.3 Å². The van der Waals surface area contributed by atoms with E-state index in [0.29, 0.717) is 23.5 Å². The van der Waals surface area contributed by atoms with Crippen LogP contribution in [-0.4, -0.2) is 15.5 Å². The molecule has 0 saturated heterocycles. The van der Waals surface area contributed by atoms with Crippen molar-refractivity contribution in [1.82, 2.24) is 9.55 Å². The van der Waals surface area contributed by atoms with Crippen molar-refractivity contribution < 1.29 is 9.53 Å². The second kappa shape index (κ2) is 9.63. The van der Waals surface area contributed by atoms with Gasteiger partial charge >= 0.3 is 0 Å². The molecular weight excluding hydrogens is 400 g/mol. The summed E-state index contributed by atoms with van der Waals surface area (Å²) in [6, 6.07) is 24.2. The number of anilines is 1. The Morgan fingerprint density at radius 1 is 1.06 bits per heavy atom. The van der Waals surface area contributed by atoms with Crippen LogP contribution in [0.15, 0.2) is 85.2 Å². The average molecular weight is 422 g/mol. The van der Waals surface area contributed by atoms with Gasteiger partial charge in [-0.15, -0.1) is 0 Å². The Bertz CT molecular complexity index is 1270. The van der Waals surface area contributed by atoms with Gasteiger partial charge in [-0.2, -0.15) is 5.26 Å². The first-order chi connectivity index (χ1) is 15.6. The zero-order chi connectivity index (χ0) is 22.3. The third-order valence-electron chi connectivity index (χ3n) is 5.05. The third-order valence-corrected chi connectivity index (χ3v) is 5.05. The minimum atomic E-state index is -0.184. The second-order valence-electron chi connectivity index (χ2n) is 7.38. The van der Waals surface area contributed by atoms with Gasteiger partial charge in [-0.3, -0.25) is 4.79 Å². The van der Waals surface area contributed by atoms with Crippen molar-refractivity contribution in [3.05, 3.63) is 113 Å². The van der Waals surface area contributed by atoms with Crippen molar-refractivity contribution in [2.45, 2.75) is 20.1 Å². The average Bonchev–Trinajstić information content (AvgIpc) is 3.23. The van der Waals surface area contributed by atoms with Gasteiger partial charge in [0, 0.05) is 30.2 Å². The highest BCUT2D eigenvalue weighted by molar-refractivity contribution is 6.04. The van der Waals surface area contributed by atoms with Gasteiger partial charge in [0.2, 0.25) is 0 Å². The molecular formula is C26H22N4O2. The number of benzene rings is 3. The van der Waals surface area contributed by atoms with Crippen LogP contribution < -0.4 is 10.1 Å². The number of hydrogen-bond acceptors (Lipinski definition) is 4. The summed E-state index contributed by atoms with van der Waals surface area (Å²) in [5, 5.41) is 11.9. The quantitative estimate of drug-likeness (QED) is 0.457. The standard InChI is InChI=1S/C26H22N4O2/c1-19-28-12-13-30(19)17-20-8-10-24(11-9-20)29-26(31)23-6-2-5-22(14-23)18-32-25-7-3-4-21(15-25)16-27/h2-15H,17-18H2,1H3,(H,29,31). The zero-order valence-electron chi connectivity index (χ0n) is 17.7. The van der Waals surface area contributed by atoms with Crippen LogP contribution in [0.3, 0.4) is 0 Å².